The molecule has 0 unspecified atom stereocenters. The predicted octanol–water partition coefficient (Wildman–Crippen LogP) is -1.88. The number of carbonyl (C=O) groups is 2. The van der Waals surface area contributed by atoms with Crippen molar-refractivity contribution in [3.8, 4) is 0 Å². The van der Waals surface area contributed by atoms with Crippen LogP contribution in [0, 0.1) is 0 Å². The minimum absolute atomic E-state index is 0. The van der Waals surface area contributed by atoms with Gasteiger partial charge >= 0.3 is 41.5 Å². The van der Waals surface area contributed by atoms with Gasteiger partial charge in [-0.25, -0.2) is 9.59 Å². The number of rotatable bonds is 4. The second-order valence-corrected chi connectivity index (χ2v) is 3.73. The number of carboxylic acids is 1. The van der Waals surface area contributed by atoms with E-state index in [0.29, 0.717) is 25.3 Å². The summed E-state index contributed by atoms with van der Waals surface area (Å²) in [4.78, 5) is 23.9. The Morgan fingerprint density at radius 3 is 2.76 bits per heavy atom. The van der Waals surface area contributed by atoms with Gasteiger partial charge in [0.2, 0.25) is 0 Å². The fourth-order valence-corrected chi connectivity index (χ4v) is 1.88. The van der Waals surface area contributed by atoms with Crippen LogP contribution in [0.4, 0.5) is 0 Å². The van der Waals surface area contributed by atoms with E-state index in [-0.39, 0.29) is 31.0 Å². The number of nitrogens with zero attached hydrogens (tertiary/aromatic N) is 1. The van der Waals surface area contributed by atoms with E-state index in [2.05, 4.69) is 0 Å². The molecule has 1 atom stereocenters. The average Bonchev–Trinajstić information content (AvgIpc) is 2.65. The molecule has 92 valence electrons. The van der Waals surface area contributed by atoms with Crippen molar-refractivity contribution in [1.82, 2.24) is 4.90 Å². The smallest absolute Gasteiger partial charge is 1.00 e. The molecular weight excluding hydrogens is 233 g/mol. The van der Waals surface area contributed by atoms with Crippen LogP contribution in [-0.4, -0.2) is 41.1 Å². The molecule has 1 fully saturated rings. The van der Waals surface area contributed by atoms with Crippen LogP contribution in [-0.2, 0) is 14.3 Å². The summed E-state index contributed by atoms with van der Waals surface area (Å²) >= 11 is 0. The summed E-state index contributed by atoms with van der Waals surface area (Å²) in [6.45, 7) is 4.47. The zero-order chi connectivity index (χ0) is 12.1. The molecule has 0 bridgehead atoms. The topological polar surface area (TPSA) is 66.8 Å². The fraction of sp³-hybridized carbons (Fsp3) is 0.636. The number of esters is 1. The Kier molecular flexibility index (Phi) is 7.50. The van der Waals surface area contributed by atoms with Crippen LogP contribution < -0.4 is 29.6 Å². The van der Waals surface area contributed by atoms with Crippen LogP contribution in [0.2, 0.25) is 0 Å². The van der Waals surface area contributed by atoms with Gasteiger partial charge in [-0.1, -0.05) is 0 Å². The van der Waals surface area contributed by atoms with Gasteiger partial charge in [0.1, 0.15) is 6.04 Å². The van der Waals surface area contributed by atoms with Crippen molar-refractivity contribution in [3.63, 3.8) is 0 Å². The summed E-state index contributed by atoms with van der Waals surface area (Å²) in [6, 6.07) is -0.509. The van der Waals surface area contributed by atoms with Gasteiger partial charge in [-0.15, -0.1) is 0 Å². The molecule has 0 amide bonds. The van der Waals surface area contributed by atoms with Crippen LogP contribution in [0.5, 0.6) is 0 Å². The monoisotopic (exact) mass is 251 g/mol. The van der Waals surface area contributed by atoms with E-state index >= 15 is 0 Å². The summed E-state index contributed by atoms with van der Waals surface area (Å²) in [5, 5.41) is 8.98. The first-order chi connectivity index (χ1) is 7.56. The minimum atomic E-state index is -0.839. The first-order valence-corrected chi connectivity index (χ1v) is 5.40. The molecule has 0 saturated carbocycles. The maximum Gasteiger partial charge on any atom is 1.00 e. The normalized spacial score (nSPS) is 19.8. The van der Waals surface area contributed by atoms with Crippen molar-refractivity contribution in [2.24, 2.45) is 0 Å². The third-order valence-corrected chi connectivity index (χ3v) is 2.60. The van der Waals surface area contributed by atoms with Gasteiger partial charge in [0.05, 0.1) is 6.61 Å². The Balaban J connectivity index is 0. The summed E-state index contributed by atoms with van der Waals surface area (Å²) < 4.78 is 4.78. The van der Waals surface area contributed by atoms with Gasteiger partial charge in [-0.2, -0.15) is 0 Å². The number of hydrogen-bond donors (Lipinski definition) is 1. The molecule has 1 aliphatic rings. The SMILES string of the molecule is CCOC(=O)C=C(C)N1CCC[C@H]1C(=O)O.[H-].[Na+]. The first kappa shape index (κ1) is 16.5. The van der Waals surface area contributed by atoms with Gasteiger partial charge < -0.3 is 16.2 Å². The van der Waals surface area contributed by atoms with E-state index in [9.17, 15) is 9.59 Å². The largest absolute Gasteiger partial charge is 1.00 e. The number of ether oxygens (including phenoxy) is 1. The number of allylic oxidation sites excluding steroid dienone is 1. The van der Waals surface area contributed by atoms with Crippen LogP contribution in [0.25, 0.3) is 0 Å². The molecule has 1 rings (SSSR count). The summed E-state index contributed by atoms with van der Waals surface area (Å²) in [5.41, 5.74) is 0.656. The molecule has 17 heavy (non-hydrogen) atoms. The number of carbonyl (C=O) groups excluding carboxylic acids is 1. The molecule has 1 saturated heterocycles. The summed E-state index contributed by atoms with van der Waals surface area (Å²) in [7, 11) is 0. The van der Waals surface area contributed by atoms with E-state index in [0.717, 1.165) is 6.42 Å². The minimum Gasteiger partial charge on any atom is -1.00 e. The number of carboxylic acid groups (broad SMARTS) is 1. The van der Waals surface area contributed by atoms with Crippen molar-refractivity contribution in [1.29, 1.82) is 0 Å². The van der Waals surface area contributed by atoms with E-state index < -0.39 is 18.0 Å². The first-order valence-electron chi connectivity index (χ1n) is 5.40. The van der Waals surface area contributed by atoms with Crippen molar-refractivity contribution in [2.75, 3.05) is 13.2 Å². The molecule has 0 spiro atoms. The Morgan fingerprint density at radius 1 is 1.59 bits per heavy atom. The molecule has 5 nitrogen and oxygen atoms in total. The average molecular weight is 251 g/mol. The molecule has 0 aromatic rings. The van der Waals surface area contributed by atoms with Gasteiger partial charge in [0, 0.05) is 18.3 Å². The van der Waals surface area contributed by atoms with Gasteiger partial charge in [-0.05, 0) is 26.7 Å². The Hall–Kier alpha value is -0.520. The third-order valence-electron chi connectivity index (χ3n) is 2.60. The van der Waals surface area contributed by atoms with Crippen LogP contribution in [0.3, 0.4) is 0 Å². The van der Waals surface area contributed by atoms with Gasteiger partial charge in [0.25, 0.3) is 0 Å². The maximum atomic E-state index is 11.2. The molecule has 0 aliphatic carbocycles. The van der Waals surface area contributed by atoms with Crippen molar-refractivity contribution in [2.45, 2.75) is 32.7 Å². The Morgan fingerprint density at radius 2 is 2.24 bits per heavy atom. The molecular formula is C11H18NNaO4. The van der Waals surface area contributed by atoms with Crippen LogP contribution >= 0.6 is 0 Å². The summed E-state index contributed by atoms with van der Waals surface area (Å²) in [5.74, 6) is -1.26. The van der Waals surface area contributed by atoms with Crippen LogP contribution in [0.15, 0.2) is 11.8 Å². The van der Waals surface area contributed by atoms with E-state index in [1.165, 1.54) is 6.08 Å². The molecule has 6 heteroatoms. The number of hydrogen-bond acceptors (Lipinski definition) is 4. The fourth-order valence-electron chi connectivity index (χ4n) is 1.88. The molecule has 0 aromatic carbocycles. The molecule has 1 N–H and O–H groups in total. The van der Waals surface area contributed by atoms with E-state index in [4.69, 9.17) is 9.84 Å². The Bertz CT molecular complexity index is 322. The van der Waals surface area contributed by atoms with E-state index in [1.807, 2.05) is 0 Å². The predicted molar refractivity (Wildman–Crippen MR) is 58.9 cm³/mol. The van der Waals surface area contributed by atoms with Crippen molar-refractivity contribution < 1.29 is 50.4 Å². The number of likely N-dealkylation sites (tertiary alicyclic amines) is 1. The van der Waals surface area contributed by atoms with Gasteiger partial charge in [-0.3, -0.25) is 0 Å². The molecule has 0 radical (unpaired) electrons. The second-order valence-electron chi connectivity index (χ2n) is 3.73. The molecule has 1 aliphatic heterocycles. The quantitative estimate of drug-likeness (QED) is 0.360. The van der Waals surface area contributed by atoms with E-state index in [1.54, 1.807) is 18.7 Å². The Labute approximate surface area is 125 Å². The maximum absolute atomic E-state index is 11.2. The zero-order valence-electron chi connectivity index (χ0n) is 11.6. The zero-order valence-corrected chi connectivity index (χ0v) is 12.6. The van der Waals surface area contributed by atoms with Crippen LogP contribution in [0.1, 0.15) is 28.1 Å². The van der Waals surface area contributed by atoms with Crippen molar-refractivity contribution in [3.05, 3.63) is 11.8 Å². The number of aliphatic carboxylic acids is 1. The third kappa shape index (κ3) is 4.69. The second kappa shape index (κ2) is 7.74. The van der Waals surface area contributed by atoms with Gasteiger partial charge in [0.15, 0.2) is 0 Å². The van der Waals surface area contributed by atoms with Crippen molar-refractivity contribution >= 4 is 11.9 Å². The summed E-state index contributed by atoms with van der Waals surface area (Å²) in [6.07, 6.45) is 2.82. The molecule has 0 aromatic heterocycles. The molecule has 1 heterocycles. The standard InChI is InChI=1S/C11H17NO4.Na.H/c1-3-16-10(13)7-8(2)12-6-4-5-9(12)11(14)15;;/h7,9H,3-6H2,1-2H3,(H,14,15);;/q;+1;-1/t9-;;/m0../s1.